The zero-order valence-electron chi connectivity index (χ0n) is 10.5. The van der Waals surface area contributed by atoms with Gasteiger partial charge in [-0.15, -0.1) is 11.3 Å². The van der Waals surface area contributed by atoms with E-state index in [4.69, 9.17) is 5.73 Å². The molecule has 0 aliphatic rings. The van der Waals surface area contributed by atoms with Crippen LogP contribution in [0.25, 0.3) is 0 Å². The monoisotopic (exact) mass is 265 g/mol. The predicted molar refractivity (Wildman–Crippen MR) is 73.3 cm³/mol. The van der Waals surface area contributed by atoms with Crippen molar-refractivity contribution in [2.24, 2.45) is 5.73 Å². The Morgan fingerprint density at radius 2 is 2.39 bits per heavy atom. The fourth-order valence-electron chi connectivity index (χ4n) is 1.81. The van der Waals surface area contributed by atoms with E-state index >= 15 is 0 Å². The van der Waals surface area contributed by atoms with Crippen LogP contribution in [0.5, 0.6) is 0 Å². The second kappa shape index (κ2) is 6.63. The molecule has 2 heterocycles. The summed E-state index contributed by atoms with van der Waals surface area (Å²) >= 11 is 1.69. The maximum atomic E-state index is 5.51. The first kappa shape index (κ1) is 13.2. The van der Waals surface area contributed by atoms with E-state index in [0.717, 1.165) is 30.2 Å². The van der Waals surface area contributed by atoms with Crippen molar-refractivity contribution in [1.29, 1.82) is 0 Å². The third-order valence-corrected chi connectivity index (χ3v) is 3.65. The normalized spacial score (nSPS) is 12.8. The van der Waals surface area contributed by atoms with E-state index in [0.29, 0.717) is 12.6 Å². The Morgan fingerprint density at radius 3 is 3.06 bits per heavy atom. The first-order chi connectivity index (χ1) is 8.83. The lowest BCUT2D eigenvalue weighted by Gasteiger charge is -2.13. The van der Waals surface area contributed by atoms with E-state index in [1.807, 2.05) is 28.7 Å². The smallest absolute Gasteiger partial charge is 0.109 e. The van der Waals surface area contributed by atoms with Gasteiger partial charge in [-0.25, -0.2) is 9.97 Å². The fraction of sp³-hybridized carbons (Fsp3) is 0.500. The van der Waals surface area contributed by atoms with Gasteiger partial charge in [0.1, 0.15) is 5.01 Å². The second-order valence-electron chi connectivity index (χ2n) is 4.10. The van der Waals surface area contributed by atoms with Crippen molar-refractivity contribution in [1.82, 2.24) is 19.9 Å². The summed E-state index contributed by atoms with van der Waals surface area (Å²) in [4.78, 5) is 8.70. The van der Waals surface area contributed by atoms with Crippen LogP contribution in [0.3, 0.4) is 0 Å². The molecule has 18 heavy (non-hydrogen) atoms. The maximum Gasteiger partial charge on any atom is 0.109 e. The lowest BCUT2D eigenvalue weighted by molar-refractivity contribution is 0.512. The van der Waals surface area contributed by atoms with Gasteiger partial charge < -0.3 is 15.6 Å². The Morgan fingerprint density at radius 1 is 1.50 bits per heavy atom. The molecule has 1 unspecified atom stereocenters. The zero-order valence-corrected chi connectivity index (χ0v) is 11.4. The molecule has 6 heteroatoms. The number of hydrogen-bond donors (Lipinski definition) is 2. The molecule has 98 valence electrons. The number of aromatic nitrogens is 3. The highest BCUT2D eigenvalue weighted by Crippen LogP contribution is 2.18. The van der Waals surface area contributed by atoms with Crippen molar-refractivity contribution < 1.29 is 0 Å². The van der Waals surface area contributed by atoms with Gasteiger partial charge in [-0.3, -0.25) is 0 Å². The van der Waals surface area contributed by atoms with Gasteiger partial charge >= 0.3 is 0 Å². The molecule has 0 fully saturated rings. The number of imidazole rings is 1. The molecule has 0 radical (unpaired) electrons. The van der Waals surface area contributed by atoms with Crippen molar-refractivity contribution in [3.05, 3.63) is 34.8 Å². The molecule has 2 rings (SSSR count). The van der Waals surface area contributed by atoms with Gasteiger partial charge in [-0.1, -0.05) is 6.92 Å². The number of thiazole rings is 1. The van der Waals surface area contributed by atoms with Gasteiger partial charge in [0.05, 0.1) is 18.1 Å². The number of nitrogens with two attached hydrogens (primary N) is 1. The molecule has 1 atom stereocenters. The minimum atomic E-state index is 0.310. The average molecular weight is 265 g/mol. The summed E-state index contributed by atoms with van der Waals surface area (Å²) in [6.45, 7) is 4.37. The van der Waals surface area contributed by atoms with Gasteiger partial charge in [0.2, 0.25) is 0 Å². The van der Waals surface area contributed by atoms with Crippen LogP contribution in [0.15, 0.2) is 24.1 Å². The quantitative estimate of drug-likeness (QED) is 0.797. The minimum Gasteiger partial charge on any atom is -0.336 e. The highest BCUT2D eigenvalue weighted by atomic mass is 32.1. The van der Waals surface area contributed by atoms with E-state index in [1.165, 1.54) is 0 Å². The lowest BCUT2D eigenvalue weighted by Crippen LogP contribution is -2.20. The lowest BCUT2D eigenvalue weighted by atomic mass is 10.2. The van der Waals surface area contributed by atoms with Crippen LogP contribution in [-0.4, -0.2) is 21.1 Å². The van der Waals surface area contributed by atoms with Crippen molar-refractivity contribution >= 4 is 11.3 Å². The number of rotatable bonds is 7. The number of hydrogen-bond acceptors (Lipinski definition) is 5. The molecule has 0 bridgehead atoms. The highest BCUT2D eigenvalue weighted by molar-refractivity contribution is 7.09. The SMILES string of the molecule is CCC(NCc1cn(CCN)cn1)c1nccs1. The van der Waals surface area contributed by atoms with E-state index < -0.39 is 0 Å². The largest absolute Gasteiger partial charge is 0.336 e. The summed E-state index contributed by atoms with van der Waals surface area (Å²) in [5.74, 6) is 0. The van der Waals surface area contributed by atoms with Crippen molar-refractivity contribution in [2.45, 2.75) is 32.5 Å². The summed E-state index contributed by atoms with van der Waals surface area (Å²) < 4.78 is 2.02. The summed E-state index contributed by atoms with van der Waals surface area (Å²) in [6.07, 6.45) is 6.74. The van der Waals surface area contributed by atoms with E-state index in [2.05, 4.69) is 22.2 Å². The molecule has 2 aromatic rings. The molecule has 3 N–H and O–H groups in total. The number of nitrogens with one attached hydrogen (secondary N) is 1. The van der Waals surface area contributed by atoms with Crippen LogP contribution in [0.4, 0.5) is 0 Å². The van der Waals surface area contributed by atoms with Crippen molar-refractivity contribution in [2.75, 3.05) is 6.54 Å². The van der Waals surface area contributed by atoms with Crippen LogP contribution in [0.2, 0.25) is 0 Å². The molecule has 0 aromatic carbocycles. The van der Waals surface area contributed by atoms with Gasteiger partial charge in [0, 0.05) is 37.4 Å². The molecule has 0 saturated heterocycles. The standard InChI is InChI=1S/C12H19N5S/c1-2-11(12-14-4-6-18-12)15-7-10-8-17(5-3-13)9-16-10/h4,6,8-9,11,15H,2-3,5,7,13H2,1H3. The Kier molecular flexibility index (Phi) is 4.86. The molecule has 0 amide bonds. The fourth-order valence-corrected chi connectivity index (χ4v) is 2.61. The maximum absolute atomic E-state index is 5.51. The minimum absolute atomic E-state index is 0.310. The molecular formula is C12H19N5S. The first-order valence-corrected chi connectivity index (χ1v) is 7.05. The topological polar surface area (TPSA) is 68.8 Å². The third kappa shape index (κ3) is 3.38. The number of nitrogens with zero attached hydrogens (tertiary/aromatic N) is 3. The molecule has 0 spiro atoms. The van der Waals surface area contributed by atoms with Gasteiger partial charge in [-0.05, 0) is 6.42 Å². The van der Waals surface area contributed by atoms with Crippen molar-refractivity contribution in [3.8, 4) is 0 Å². The van der Waals surface area contributed by atoms with E-state index in [9.17, 15) is 0 Å². The van der Waals surface area contributed by atoms with Gasteiger partial charge in [-0.2, -0.15) is 0 Å². The average Bonchev–Trinajstić information content (AvgIpc) is 3.02. The first-order valence-electron chi connectivity index (χ1n) is 6.17. The molecule has 0 saturated carbocycles. The Balaban J connectivity index is 1.89. The summed E-state index contributed by atoms with van der Waals surface area (Å²) in [5, 5.41) is 6.63. The van der Waals surface area contributed by atoms with Crippen LogP contribution < -0.4 is 11.1 Å². The van der Waals surface area contributed by atoms with E-state index in [-0.39, 0.29) is 0 Å². The van der Waals surface area contributed by atoms with Crippen LogP contribution >= 0.6 is 11.3 Å². The van der Waals surface area contributed by atoms with E-state index in [1.54, 1.807) is 11.3 Å². The van der Waals surface area contributed by atoms with Crippen LogP contribution in [0, 0.1) is 0 Å². The van der Waals surface area contributed by atoms with Gasteiger partial charge in [0.25, 0.3) is 0 Å². The van der Waals surface area contributed by atoms with Crippen LogP contribution in [-0.2, 0) is 13.1 Å². The predicted octanol–water partition coefficient (Wildman–Crippen LogP) is 1.54. The molecular weight excluding hydrogens is 246 g/mol. The Hall–Kier alpha value is -1.24. The molecule has 2 aromatic heterocycles. The molecule has 0 aliphatic heterocycles. The summed E-state index contributed by atoms with van der Waals surface area (Å²) in [6, 6.07) is 0.310. The summed E-state index contributed by atoms with van der Waals surface area (Å²) in [5.41, 5.74) is 6.55. The zero-order chi connectivity index (χ0) is 12.8. The Labute approximate surface area is 111 Å². The third-order valence-electron chi connectivity index (χ3n) is 2.76. The van der Waals surface area contributed by atoms with Crippen molar-refractivity contribution in [3.63, 3.8) is 0 Å². The highest BCUT2D eigenvalue weighted by Gasteiger charge is 2.11. The molecule has 5 nitrogen and oxygen atoms in total. The van der Waals surface area contributed by atoms with Crippen LogP contribution in [0.1, 0.15) is 30.1 Å². The van der Waals surface area contributed by atoms with Gasteiger partial charge in [0.15, 0.2) is 0 Å². The molecule has 0 aliphatic carbocycles. The summed E-state index contributed by atoms with van der Waals surface area (Å²) in [7, 11) is 0. The Bertz CT molecular complexity index is 451. The second-order valence-corrected chi connectivity index (χ2v) is 5.03.